The molecule has 2 aromatic carbocycles. The van der Waals surface area contributed by atoms with Crippen LogP contribution in [0.2, 0.25) is 0 Å². The lowest BCUT2D eigenvalue weighted by Crippen LogP contribution is -2.52. The molecule has 0 radical (unpaired) electrons. The van der Waals surface area contributed by atoms with E-state index in [0.29, 0.717) is 12.1 Å². The number of benzene rings is 2. The lowest BCUT2D eigenvalue weighted by Gasteiger charge is -2.37. The molecule has 9 heteroatoms. The maximum absolute atomic E-state index is 13.1. The molecule has 1 saturated heterocycles. The summed E-state index contributed by atoms with van der Waals surface area (Å²) in [5.74, 6) is -0.347. The van der Waals surface area contributed by atoms with Crippen molar-refractivity contribution in [1.29, 1.82) is 0 Å². The number of carbonyl (C=O) groups is 2. The molecule has 2 amide bonds. The van der Waals surface area contributed by atoms with Crippen molar-refractivity contribution in [3.8, 4) is 0 Å². The summed E-state index contributed by atoms with van der Waals surface area (Å²) in [6.07, 6.45) is 0. The predicted molar refractivity (Wildman–Crippen MR) is 118 cm³/mol. The van der Waals surface area contributed by atoms with E-state index in [-0.39, 0.29) is 18.3 Å². The maximum Gasteiger partial charge on any atom is 0.251 e. The number of nitrogens with two attached hydrogens (primary N) is 1. The van der Waals surface area contributed by atoms with E-state index in [9.17, 15) is 14.0 Å². The van der Waals surface area contributed by atoms with Crippen LogP contribution in [0.25, 0.3) is 0 Å². The Morgan fingerprint density at radius 2 is 1.65 bits per heavy atom. The van der Waals surface area contributed by atoms with Crippen LogP contribution in [0.1, 0.15) is 15.9 Å². The van der Waals surface area contributed by atoms with Crippen LogP contribution in [-0.2, 0) is 11.3 Å². The Bertz CT molecular complexity index is 922. The van der Waals surface area contributed by atoms with Gasteiger partial charge in [-0.15, -0.1) is 0 Å². The lowest BCUT2D eigenvalue weighted by atomic mass is 10.1. The van der Waals surface area contributed by atoms with Gasteiger partial charge in [-0.1, -0.05) is 12.1 Å². The number of carbonyl (C=O) groups excluding carboxylic acids is 2. The molecule has 0 aromatic heterocycles. The Labute approximate surface area is 180 Å². The van der Waals surface area contributed by atoms with Gasteiger partial charge in [0.1, 0.15) is 5.82 Å². The molecule has 0 unspecified atom stereocenters. The molecule has 1 fully saturated rings. The van der Waals surface area contributed by atoms with E-state index in [1.165, 1.54) is 12.1 Å². The summed E-state index contributed by atoms with van der Waals surface area (Å²) in [6, 6.07) is 13.7. The van der Waals surface area contributed by atoms with E-state index in [1.54, 1.807) is 31.3 Å². The normalized spacial score (nSPS) is 14.3. The first-order valence-electron chi connectivity index (χ1n) is 10.1. The van der Waals surface area contributed by atoms with Crippen LogP contribution in [-0.4, -0.2) is 62.4 Å². The van der Waals surface area contributed by atoms with Crippen molar-refractivity contribution in [3.63, 3.8) is 0 Å². The second kappa shape index (κ2) is 10.4. The highest BCUT2D eigenvalue weighted by Crippen LogP contribution is 2.17. The second-order valence-corrected chi connectivity index (χ2v) is 7.20. The summed E-state index contributed by atoms with van der Waals surface area (Å²) >= 11 is 0. The van der Waals surface area contributed by atoms with E-state index < -0.39 is 5.91 Å². The second-order valence-electron chi connectivity index (χ2n) is 7.20. The fraction of sp³-hybridized carbons (Fsp3) is 0.318. The standard InChI is InChI=1S/C22H27FN6O2/c1-25-22(29-12-10-28(11-13-29)19-8-6-18(23)7-9-19)27-14-16-2-4-17(5-3-16)21(31)26-15-20(24)30/h2-9H,10-15H2,1H3,(H2,24,30)(H,25,27)(H,26,31). The Balaban J connectivity index is 1.49. The van der Waals surface area contributed by atoms with Gasteiger partial charge in [-0.25, -0.2) is 4.39 Å². The van der Waals surface area contributed by atoms with Crippen LogP contribution < -0.4 is 21.3 Å². The number of aliphatic imine (C=N–C) groups is 1. The van der Waals surface area contributed by atoms with Gasteiger partial charge in [0.25, 0.3) is 5.91 Å². The number of guanidine groups is 1. The van der Waals surface area contributed by atoms with Crippen LogP contribution in [0.3, 0.4) is 0 Å². The average molecular weight is 426 g/mol. The molecule has 31 heavy (non-hydrogen) atoms. The predicted octanol–water partition coefficient (Wildman–Crippen LogP) is 0.938. The summed E-state index contributed by atoms with van der Waals surface area (Å²) in [4.78, 5) is 31.5. The lowest BCUT2D eigenvalue weighted by molar-refractivity contribution is -0.117. The highest BCUT2D eigenvalue weighted by atomic mass is 19.1. The molecule has 4 N–H and O–H groups in total. The van der Waals surface area contributed by atoms with Crippen molar-refractivity contribution in [2.75, 3.05) is 44.7 Å². The number of amides is 2. The van der Waals surface area contributed by atoms with Crippen molar-refractivity contribution in [1.82, 2.24) is 15.5 Å². The van der Waals surface area contributed by atoms with E-state index in [2.05, 4.69) is 25.4 Å². The zero-order chi connectivity index (χ0) is 22.2. The van der Waals surface area contributed by atoms with Gasteiger partial charge < -0.3 is 26.2 Å². The van der Waals surface area contributed by atoms with Gasteiger partial charge >= 0.3 is 0 Å². The Kier molecular flexibility index (Phi) is 7.42. The summed E-state index contributed by atoms with van der Waals surface area (Å²) in [6.45, 7) is 3.62. The average Bonchev–Trinajstić information content (AvgIpc) is 2.79. The number of halogens is 1. The first kappa shape index (κ1) is 22.1. The Morgan fingerprint density at radius 3 is 2.23 bits per heavy atom. The Morgan fingerprint density at radius 1 is 1.00 bits per heavy atom. The van der Waals surface area contributed by atoms with Crippen LogP contribution in [0.5, 0.6) is 0 Å². The summed E-state index contributed by atoms with van der Waals surface area (Å²) in [5.41, 5.74) is 7.51. The minimum atomic E-state index is -0.584. The third-order valence-electron chi connectivity index (χ3n) is 5.07. The summed E-state index contributed by atoms with van der Waals surface area (Å²) < 4.78 is 13.1. The maximum atomic E-state index is 13.1. The van der Waals surface area contributed by atoms with Gasteiger partial charge in [0, 0.05) is 51.0 Å². The molecule has 1 aliphatic heterocycles. The largest absolute Gasteiger partial charge is 0.368 e. The first-order chi connectivity index (χ1) is 15.0. The molecule has 3 rings (SSSR count). The van der Waals surface area contributed by atoms with Gasteiger partial charge in [0.05, 0.1) is 6.54 Å². The number of hydrogen-bond donors (Lipinski definition) is 3. The fourth-order valence-electron chi connectivity index (χ4n) is 3.39. The summed E-state index contributed by atoms with van der Waals surface area (Å²) in [5, 5.41) is 5.81. The van der Waals surface area contributed by atoms with E-state index in [1.807, 2.05) is 12.1 Å². The molecule has 0 bridgehead atoms. The van der Waals surface area contributed by atoms with Crippen molar-refractivity contribution < 1.29 is 14.0 Å². The van der Waals surface area contributed by atoms with Gasteiger partial charge in [-0.2, -0.15) is 0 Å². The van der Waals surface area contributed by atoms with Crippen molar-refractivity contribution in [2.24, 2.45) is 10.7 Å². The number of piperazine rings is 1. The van der Waals surface area contributed by atoms with Crippen LogP contribution in [0.15, 0.2) is 53.5 Å². The number of primary amides is 1. The summed E-state index contributed by atoms with van der Waals surface area (Å²) in [7, 11) is 1.75. The number of hydrogen-bond acceptors (Lipinski definition) is 4. The molecule has 0 aliphatic carbocycles. The zero-order valence-corrected chi connectivity index (χ0v) is 17.5. The number of rotatable bonds is 6. The number of nitrogens with zero attached hydrogens (tertiary/aromatic N) is 3. The molecule has 0 spiro atoms. The third-order valence-corrected chi connectivity index (χ3v) is 5.07. The molecular weight excluding hydrogens is 399 g/mol. The number of anilines is 1. The zero-order valence-electron chi connectivity index (χ0n) is 17.5. The van der Waals surface area contributed by atoms with Gasteiger partial charge in [0.2, 0.25) is 5.91 Å². The monoisotopic (exact) mass is 426 g/mol. The number of nitrogens with one attached hydrogen (secondary N) is 2. The molecule has 164 valence electrons. The molecule has 1 heterocycles. The minimum Gasteiger partial charge on any atom is -0.368 e. The Hall–Kier alpha value is -3.62. The van der Waals surface area contributed by atoms with Crippen molar-refractivity contribution in [2.45, 2.75) is 6.54 Å². The third kappa shape index (κ3) is 6.18. The molecule has 8 nitrogen and oxygen atoms in total. The fourth-order valence-corrected chi connectivity index (χ4v) is 3.39. The van der Waals surface area contributed by atoms with Crippen molar-refractivity contribution in [3.05, 3.63) is 65.5 Å². The van der Waals surface area contributed by atoms with Crippen LogP contribution >= 0.6 is 0 Å². The molecular formula is C22H27FN6O2. The molecule has 0 saturated carbocycles. The topological polar surface area (TPSA) is 103 Å². The first-order valence-corrected chi connectivity index (χ1v) is 10.1. The van der Waals surface area contributed by atoms with E-state index in [0.717, 1.165) is 43.4 Å². The van der Waals surface area contributed by atoms with Crippen LogP contribution in [0, 0.1) is 5.82 Å². The van der Waals surface area contributed by atoms with Crippen molar-refractivity contribution >= 4 is 23.5 Å². The highest BCUT2D eigenvalue weighted by Gasteiger charge is 2.19. The van der Waals surface area contributed by atoms with Crippen LogP contribution in [0.4, 0.5) is 10.1 Å². The van der Waals surface area contributed by atoms with Gasteiger partial charge in [-0.3, -0.25) is 14.6 Å². The quantitative estimate of drug-likeness (QED) is 0.471. The smallest absolute Gasteiger partial charge is 0.251 e. The highest BCUT2D eigenvalue weighted by molar-refractivity contribution is 5.96. The molecule has 1 aliphatic rings. The van der Waals surface area contributed by atoms with Gasteiger partial charge in [-0.05, 0) is 42.0 Å². The molecule has 2 aromatic rings. The minimum absolute atomic E-state index is 0.188. The van der Waals surface area contributed by atoms with E-state index in [4.69, 9.17) is 5.73 Å². The van der Waals surface area contributed by atoms with E-state index >= 15 is 0 Å². The SMILES string of the molecule is CN=C(NCc1ccc(C(=O)NCC(N)=O)cc1)N1CCN(c2ccc(F)cc2)CC1. The molecule has 0 atom stereocenters. The van der Waals surface area contributed by atoms with Gasteiger partial charge in [0.15, 0.2) is 5.96 Å².